The monoisotopic (exact) mass is 295 g/mol. The molecular weight excluding hydrogens is 280 g/mol. The molecule has 3 rings (SSSR count). The van der Waals surface area contributed by atoms with Crippen LogP contribution in [0.5, 0.6) is 0 Å². The Kier molecular flexibility index (Phi) is 3.58. The lowest BCUT2D eigenvalue weighted by Crippen LogP contribution is -2.37. The van der Waals surface area contributed by atoms with Gasteiger partial charge in [0.05, 0.1) is 18.4 Å². The van der Waals surface area contributed by atoms with Gasteiger partial charge < -0.3 is 10.6 Å². The lowest BCUT2D eigenvalue weighted by molar-refractivity contribution is 0.0731. The maximum absolute atomic E-state index is 12.6. The molecule has 0 atom stereocenters. The van der Waals surface area contributed by atoms with E-state index >= 15 is 0 Å². The van der Waals surface area contributed by atoms with Crippen LogP contribution in [0.3, 0.4) is 0 Å². The minimum atomic E-state index is -0.693. The Hall–Kier alpha value is -2.76. The summed E-state index contributed by atoms with van der Waals surface area (Å²) >= 11 is 0. The first-order chi connectivity index (χ1) is 10.5. The number of carbonyl (C=O) groups excluding carboxylic acids is 2. The van der Waals surface area contributed by atoms with E-state index in [1.165, 1.54) is 0 Å². The summed E-state index contributed by atoms with van der Waals surface area (Å²) in [5, 5.41) is 0. The molecule has 22 heavy (non-hydrogen) atoms. The maximum atomic E-state index is 12.6. The molecule has 0 bridgehead atoms. The number of nitrogens with zero attached hydrogens (tertiary/aromatic N) is 3. The highest BCUT2D eigenvalue weighted by atomic mass is 16.2. The molecule has 6 heteroatoms. The Bertz CT molecular complexity index is 758. The standard InChI is InChI=1S/C16H15N4O2/c1-10-3-2-4-11(7-10)16(22)20-6-5-12-8-18-15(14(17)21)19-13(12)9-20/h2-4,7H,5-6,9H2,1H3,(H2,17,21). The van der Waals surface area contributed by atoms with Crippen molar-refractivity contribution in [3.05, 3.63) is 58.7 Å². The van der Waals surface area contributed by atoms with Gasteiger partial charge in [0.1, 0.15) is 0 Å². The Morgan fingerprint density at radius 3 is 2.91 bits per heavy atom. The van der Waals surface area contributed by atoms with Crippen LogP contribution in [0.15, 0.2) is 24.3 Å². The topological polar surface area (TPSA) is 89.2 Å². The molecule has 2 heterocycles. The summed E-state index contributed by atoms with van der Waals surface area (Å²) in [6, 6.07) is 7.47. The summed E-state index contributed by atoms with van der Waals surface area (Å²) < 4.78 is 0. The summed E-state index contributed by atoms with van der Waals surface area (Å²) in [5.41, 5.74) is 8.34. The van der Waals surface area contributed by atoms with Crippen molar-refractivity contribution in [3.8, 4) is 0 Å². The average molecular weight is 295 g/mol. The van der Waals surface area contributed by atoms with Crippen molar-refractivity contribution in [2.24, 2.45) is 5.73 Å². The van der Waals surface area contributed by atoms with E-state index in [0.29, 0.717) is 30.8 Å². The van der Waals surface area contributed by atoms with Crippen molar-refractivity contribution in [3.63, 3.8) is 0 Å². The number of primary amides is 1. The highest BCUT2D eigenvalue weighted by Crippen LogP contribution is 2.18. The van der Waals surface area contributed by atoms with Gasteiger partial charge >= 0.3 is 0 Å². The van der Waals surface area contributed by atoms with E-state index < -0.39 is 5.91 Å². The van der Waals surface area contributed by atoms with Gasteiger partial charge in [0.15, 0.2) is 0 Å². The van der Waals surface area contributed by atoms with Crippen LogP contribution in [0.4, 0.5) is 0 Å². The molecular formula is C16H15N4O2. The zero-order valence-corrected chi connectivity index (χ0v) is 12.2. The van der Waals surface area contributed by atoms with Crippen LogP contribution >= 0.6 is 0 Å². The highest BCUT2D eigenvalue weighted by molar-refractivity contribution is 5.94. The van der Waals surface area contributed by atoms with E-state index in [1.54, 1.807) is 11.0 Å². The van der Waals surface area contributed by atoms with Crippen molar-refractivity contribution in [1.82, 2.24) is 14.9 Å². The van der Waals surface area contributed by atoms with Crippen molar-refractivity contribution in [2.45, 2.75) is 19.9 Å². The highest BCUT2D eigenvalue weighted by Gasteiger charge is 2.24. The van der Waals surface area contributed by atoms with Crippen LogP contribution in [0.25, 0.3) is 0 Å². The second kappa shape index (κ2) is 5.55. The molecule has 0 saturated carbocycles. The van der Waals surface area contributed by atoms with Gasteiger partial charge in [-0.1, -0.05) is 17.7 Å². The van der Waals surface area contributed by atoms with Gasteiger partial charge in [0.25, 0.3) is 11.8 Å². The molecule has 1 aliphatic rings. The fourth-order valence-electron chi connectivity index (χ4n) is 2.49. The molecule has 0 unspecified atom stereocenters. The van der Waals surface area contributed by atoms with Crippen molar-refractivity contribution >= 4 is 11.8 Å². The Morgan fingerprint density at radius 2 is 2.18 bits per heavy atom. The fourth-order valence-corrected chi connectivity index (χ4v) is 2.49. The van der Waals surface area contributed by atoms with Gasteiger partial charge in [-0.05, 0) is 25.5 Å². The average Bonchev–Trinajstić information content (AvgIpc) is 2.53. The van der Waals surface area contributed by atoms with E-state index in [-0.39, 0.29) is 11.7 Å². The molecule has 6 nitrogen and oxygen atoms in total. The van der Waals surface area contributed by atoms with Crippen LogP contribution in [0.2, 0.25) is 0 Å². The van der Waals surface area contributed by atoms with E-state index in [0.717, 1.165) is 11.1 Å². The minimum Gasteiger partial charge on any atom is -0.363 e. The molecule has 0 fully saturated rings. The summed E-state index contributed by atoms with van der Waals surface area (Å²) in [4.78, 5) is 33.4. The molecule has 1 radical (unpaired) electrons. The van der Waals surface area contributed by atoms with Gasteiger partial charge in [-0.2, -0.15) is 0 Å². The second-order valence-electron chi connectivity index (χ2n) is 5.29. The molecule has 1 aromatic heterocycles. The van der Waals surface area contributed by atoms with Crippen LogP contribution in [0, 0.1) is 13.1 Å². The molecule has 0 aliphatic carbocycles. The largest absolute Gasteiger partial charge is 0.363 e. The normalized spacial score (nSPS) is 13.6. The quantitative estimate of drug-likeness (QED) is 0.890. The van der Waals surface area contributed by atoms with E-state index in [9.17, 15) is 9.59 Å². The lowest BCUT2D eigenvalue weighted by Gasteiger charge is -2.28. The van der Waals surface area contributed by atoms with Gasteiger partial charge in [0.2, 0.25) is 5.82 Å². The third-order valence-corrected chi connectivity index (χ3v) is 3.63. The van der Waals surface area contributed by atoms with Crippen LogP contribution < -0.4 is 5.73 Å². The molecule has 0 spiro atoms. The van der Waals surface area contributed by atoms with E-state index in [2.05, 4.69) is 16.2 Å². The molecule has 1 aliphatic heterocycles. The number of rotatable bonds is 2. The number of hydrogen-bond donors (Lipinski definition) is 1. The van der Waals surface area contributed by atoms with E-state index in [1.807, 2.05) is 25.1 Å². The number of amides is 2. The molecule has 2 N–H and O–H groups in total. The number of carbonyl (C=O) groups is 2. The third kappa shape index (κ3) is 2.67. The molecule has 2 aromatic rings. The molecule has 111 valence electrons. The van der Waals surface area contributed by atoms with Gasteiger partial charge in [-0.25, -0.2) is 9.97 Å². The van der Waals surface area contributed by atoms with E-state index in [4.69, 9.17) is 5.73 Å². The minimum absolute atomic E-state index is 0.0476. The Morgan fingerprint density at radius 1 is 1.36 bits per heavy atom. The summed E-state index contributed by atoms with van der Waals surface area (Å²) in [5.74, 6) is -0.807. The first kappa shape index (κ1) is 14.2. The number of hydrogen-bond acceptors (Lipinski definition) is 4. The predicted molar refractivity (Wildman–Crippen MR) is 79.0 cm³/mol. The molecule has 2 amide bonds. The lowest BCUT2D eigenvalue weighted by atomic mass is 10.0. The first-order valence-corrected chi connectivity index (χ1v) is 6.98. The van der Waals surface area contributed by atoms with Gasteiger partial charge in [-0.15, -0.1) is 0 Å². The SMILES string of the molecule is Cc1cccc(C(=O)N2CCc3[c]nc(C(N)=O)nc3C2)c1. The zero-order chi connectivity index (χ0) is 15.7. The van der Waals surface area contributed by atoms with Gasteiger partial charge in [-0.3, -0.25) is 9.59 Å². The number of aryl methyl sites for hydroxylation is 1. The first-order valence-electron chi connectivity index (χ1n) is 6.98. The third-order valence-electron chi connectivity index (χ3n) is 3.63. The van der Waals surface area contributed by atoms with Gasteiger partial charge in [0, 0.05) is 17.7 Å². The number of nitrogens with two attached hydrogens (primary N) is 1. The van der Waals surface area contributed by atoms with Crippen molar-refractivity contribution in [2.75, 3.05) is 6.54 Å². The zero-order valence-electron chi connectivity index (χ0n) is 12.2. The Balaban J connectivity index is 1.85. The summed E-state index contributed by atoms with van der Waals surface area (Å²) in [6.45, 7) is 2.86. The van der Waals surface area contributed by atoms with Crippen LogP contribution in [-0.2, 0) is 13.0 Å². The van der Waals surface area contributed by atoms with Crippen molar-refractivity contribution in [1.29, 1.82) is 0 Å². The number of fused-ring (bicyclic) bond motifs is 1. The number of aromatic nitrogens is 2. The van der Waals surface area contributed by atoms with Crippen LogP contribution in [0.1, 0.15) is 37.8 Å². The predicted octanol–water partition coefficient (Wildman–Crippen LogP) is 0.883. The van der Waals surface area contributed by atoms with Crippen LogP contribution in [-0.4, -0.2) is 33.2 Å². The van der Waals surface area contributed by atoms with Crippen molar-refractivity contribution < 1.29 is 9.59 Å². The smallest absolute Gasteiger partial charge is 0.286 e. The fraction of sp³-hybridized carbons (Fsp3) is 0.250. The molecule has 0 saturated heterocycles. The number of benzene rings is 1. The molecule has 1 aromatic carbocycles. The second-order valence-corrected chi connectivity index (χ2v) is 5.29. The summed E-state index contributed by atoms with van der Waals surface area (Å²) in [6.07, 6.45) is 3.41. The maximum Gasteiger partial charge on any atom is 0.286 e. The Labute approximate surface area is 128 Å². The summed E-state index contributed by atoms with van der Waals surface area (Å²) in [7, 11) is 0.